The van der Waals surface area contributed by atoms with Gasteiger partial charge in [-0.25, -0.2) is 8.42 Å². The maximum absolute atomic E-state index is 12.8. The number of carbonyl (C=O) groups excluding carboxylic acids is 1. The van der Waals surface area contributed by atoms with Gasteiger partial charge in [-0.2, -0.15) is 0 Å². The van der Waals surface area contributed by atoms with Crippen LogP contribution in [0.15, 0.2) is 53.4 Å². The van der Waals surface area contributed by atoms with Crippen molar-refractivity contribution in [2.24, 2.45) is 0 Å². The molecule has 2 rings (SSSR count). The molecule has 0 radical (unpaired) electrons. The van der Waals surface area contributed by atoms with Gasteiger partial charge in [-0.1, -0.05) is 12.1 Å². The maximum Gasteiger partial charge on any atom is 0.325 e. The Bertz CT molecular complexity index is 1050. The van der Waals surface area contributed by atoms with Crippen molar-refractivity contribution in [3.63, 3.8) is 0 Å². The molecule has 2 aromatic rings. The number of ether oxygens (including phenoxy) is 1. The number of para-hydroxylation sites is 1. The highest BCUT2D eigenvalue weighted by atomic mass is 32.2. The number of carboxylic acids is 1. The molecule has 0 aliphatic heterocycles. The summed E-state index contributed by atoms with van der Waals surface area (Å²) in [6, 6.07) is 9.58. The van der Waals surface area contributed by atoms with Gasteiger partial charge in [0.2, 0.25) is 0 Å². The zero-order valence-corrected chi connectivity index (χ0v) is 16.8. The average Bonchev–Trinajstić information content (AvgIpc) is 2.71. The third-order valence-corrected chi connectivity index (χ3v) is 5.85. The molecular formula is C18H19N3O8S. The Labute approximate surface area is 172 Å². The van der Waals surface area contributed by atoms with Crippen LogP contribution in [0.2, 0.25) is 0 Å². The molecule has 0 aliphatic rings. The number of hydrogen-bond donors (Lipinski definition) is 2. The van der Waals surface area contributed by atoms with Crippen molar-refractivity contribution in [1.29, 1.82) is 0 Å². The van der Waals surface area contributed by atoms with E-state index in [4.69, 9.17) is 9.84 Å². The van der Waals surface area contributed by atoms with Gasteiger partial charge >= 0.3 is 5.97 Å². The van der Waals surface area contributed by atoms with Crippen molar-refractivity contribution >= 4 is 33.3 Å². The van der Waals surface area contributed by atoms with Gasteiger partial charge in [0.1, 0.15) is 11.8 Å². The Morgan fingerprint density at radius 1 is 1.20 bits per heavy atom. The van der Waals surface area contributed by atoms with Crippen molar-refractivity contribution in [2.45, 2.75) is 17.9 Å². The van der Waals surface area contributed by atoms with E-state index in [1.807, 2.05) is 0 Å². The summed E-state index contributed by atoms with van der Waals surface area (Å²) < 4.78 is 31.7. The minimum Gasteiger partial charge on any atom is -0.484 e. The second-order valence-electron chi connectivity index (χ2n) is 6.11. The van der Waals surface area contributed by atoms with Gasteiger partial charge in [0, 0.05) is 13.1 Å². The average molecular weight is 437 g/mol. The third kappa shape index (κ3) is 5.23. The molecule has 0 aromatic heterocycles. The van der Waals surface area contributed by atoms with Crippen LogP contribution in [-0.4, -0.2) is 50.0 Å². The molecule has 1 amide bonds. The summed E-state index contributed by atoms with van der Waals surface area (Å²) in [7, 11) is -2.94. The lowest BCUT2D eigenvalue weighted by atomic mass is 10.3. The summed E-state index contributed by atoms with van der Waals surface area (Å²) in [6.45, 7) is 0.879. The fraction of sp³-hybridized carbons (Fsp3) is 0.222. The van der Waals surface area contributed by atoms with E-state index >= 15 is 0 Å². The van der Waals surface area contributed by atoms with Gasteiger partial charge in [-0.3, -0.25) is 24.0 Å². The molecule has 30 heavy (non-hydrogen) atoms. The van der Waals surface area contributed by atoms with Crippen LogP contribution >= 0.6 is 0 Å². The largest absolute Gasteiger partial charge is 0.484 e. The number of nitro benzene ring substituents is 1. The van der Waals surface area contributed by atoms with E-state index in [0.717, 1.165) is 16.4 Å². The smallest absolute Gasteiger partial charge is 0.325 e. The number of rotatable bonds is 9. The van der Waals surface area contributed by atoms with Crippen LogP contribution in [0.1, 0.15) is 6.92 Å². The van der Waals surface area contributed by atoms with E-state index in [2.05, 4.69) is 5.32 Å². The van der Waals surface area contributed by atoms with E-state index in [1.165, 1.54) is 50.4 Å². The predicted octanol–water partition coefficient (Wildman–Crippen LogP) is 1.39. The lowest BCUT2D eigenvalue weighted by molar-refractivity contribution is -0.387. The van der Waals surface area contributed by atoms with Crippen molar-refractivity contribution in [2.75, 3.05) is 18.0 Å². The zero-order valence-electron chi connectivity index (χ0n) is 16.0. The summed E-state index contributed by atoms with van der Waals surface area (Å²) in [6.07, 6.45) is 0. The fourth-order valence-electron chi connectivity index (χ4n) is 2.36. The predicted molar refractivity (Wildman–Crippen MR) is 106 cm³/mol. The summed E-state index contributed by atoms with van der Waals surface area (Å²) in [5.41, 5.74) is -0.324. The zero-order chi connectivity index (χ0) is 22.5. The van der Waals surface area contributed by atoms with Crippen LogP contribution in [0.4, 0.5) is 11.4 Å². The SMILES string of the molecule is CC(NC(=O)COc1ccc(N(C)S(=O)(=O)c2ccccc2[N+](=O)[O-])cc1)C(=O)O. The molecular weight excluding hydrogens is 418 g/mol. The first kappa shape index (κ1) is 22.6. The Balaban J connectivity index is 2.12. The van der Waals surface area contributed by atoms with Crippen LogP contribution in [0.25, 0.3) is 0 Å². The summed E-state index contributed by atoms with van der Waals surface area (Å²) in [4.78, 5) is 32.3. The first-order valence-corrected chi connectivity index (χ1v) is 9.95. The maximum atomic E-state index is 12.8. The monoisotopic (exact) mass is 437 g/mol. The van der Waals surface area contributed by atoms with Gasteiger partial charge in [0.15, 0.2) is 11.5 Å². The quantitative estimate of drug-likeness (QED) is 0.440. The minimum atomic E-state index is -4.20. The number of aliphatic carboxylic acids is 1. The van der Waals surface area contributed by atoms with Crippen LogP contribution < -0.4 is 14.4 Å². The lowest BCUT2D eigenvalue weighted by Gasteiger charge is -2.19. The number of benzene rings is 2. The van der Waals surface area contributed by atoms with Crippen molar-refractivity contribution in [3.8, 4) is 5.75 Å². The molecule has 1 unspecified atom stereocenters. The molecule has 160 valence electrons. The fourth-order valence-corrected chi connectivity index (χ4v) is 3.71. The number of carboxylic acid groups (broad SMARTS) is 1. The molecule has 11 nitrogen and oxygen atoms in total. The number of amides is 1. The van der Waals surface area contributed by atoms with E-state index in [-0.39, 0.29) is 11.4 Å². The Kier molecular flexibility index (Phi) is 6.95. The highest BCUT2D eigenvalue weighted by Crippen LogP contribution is 2.29. The van der Waals surface area contributed by atoms with Gasteiger partial charge in [-0.15, -0.1) is 0 Å². The van der Waals surface area contributed by atoms with Crippen LogP contribution in [-0.2, 0) is 19.6 Å². The Hall–Kier alpha value is -3.67. The third-order valence-electron chi connectivity index (χ3n) is 4.02. The van der Waals surface area contributed by atoms with Gasteiger partial charge in [-0.05, 0) is 37.3 Å². The second kappa shape index (κ2) is 9.22. The molecule has 0 spiro atoms. The van der Waals surface area contributed by atoms with E-state index in [1.54, 1.807) is 0 Å². The highest BCUT2D eigenvalue weighted by molar-refractivity contribution is 7.93. The number of carbonyl (C=O) groups is 2. The molecule has 12 heteroatoms. The first-order valence-electron chi connectivity index (χ1n) is 8.51. The Morgan fingerprint density at radius 2 is 1.80 bits per heavy atom. The first-order chi connectivity index (χ1) is 14.0. The normalized spacial score (nSPS) is 11.9. The lowest BCUT2D eigenvalue weighted by Crippen LogP contribution is -2.40. The number of nitro groups is 1. The van der Waals surface area contributed by atoms with Gasteiger partial charge < -0.3 is 15.2 Å². The van der Waals surface area contributed by atoms with Crippen LogP contribution in [0.3, 0.4) is 0 Å². The number of nitrogens with one attached hydrogen (secondary N) is 1. The molecule has 0 aliphatic carbocycles. The second-order valence-corrected chi connectivity index (χ2v) is 8.05. The van der Waals surface area contributed by atoms with Gasteiger partial charge in [0.05, 0.1) is 10.6 Å². The summed E-state index contributed by atoms with van der Waals surface area (Å²) in [5.74, 6) is -1.57. The van der Waals surface area contributed by atoms with Crippen molar-refractivity contribution < 1.29 is 32.8 Å². The highest BCUT2D eigenvalue weighted by Gasteiger charge is 2.29. The molecule has 0 fully saturated rings. The minimum absolute atomic E-state index is 0.212. The molecule has 0 bridgehead atoms. The Morgan fingerprint density at radius 3 is 2.37 bits per heavy atom. The number of nitrogens with zero attached hydrogens (tertiary/aromatic N) is 2. The molecule has 2 aromatic carbocycles. The molecule has 0 heterocycles. The van der Waals surface area contributed by atoms with Gasteiger partial charge in [0.25, 0.3) is 21.6 Å². The number of anilines is 1. The summed E-state index contributed by atoms with van der Waals surface area (Å²) >= 11 is 0. The van der Waals surface area contributed by atoms with Crippen molar-refractivity contribution in [3.05, 3.63) is 58.6 Å². The van der Waals surface area contributed by atoms with E-state index < -0.39 is 50.1 Å². The molecule has 0 saturated heterocycles. The number of sulfonamides is 1. The molecule has 2 N–H and O–H groups in total. The van der Waals surface area contributed by atoms with E-state index in [9.17, 15) is 28.1 Å². The molecule has 1 atom stereocenters. The summed E-state index contributed by atoms with van der Waals surface area (Å²) in [5, 5.41) is 22.1. The van der Waals surface area contributed by atoms with Crippen molar-refractivity contribution in [1.82, 2.24) is 5.32 Å². The standard InChI is InChI=1S/C18H19N3O8S/c1-12(18(23)24)19-17(22)11-29-14-9-7-13(8-10-14)20(2)30(27,28)16-6-4-3-5-15(16)21(25)26/h3-10,12H,11H2,1-2H3,(H,19,22)(H,23,24). The van der Waals surface area contributed by atoms with Crippen LogP contribution in [0.5, 0.6) is 5.75 Å². The molecule has 0 saturated carbocycles. The van der Waals surface area contributed by atoms with E-state index in [0.29, 0.717) is 0 Å². The number of hydrogen-bond acceptors (Lipinski definition) is 7. The topological polar surface area (TPSA) is 156 Å². The van der Waals surface area contributed by atoms with Crippen LogP contribution in [0, 0.1) is 10.1 Å².